The van der Waals surface area contributed by atoms with Gasteiger partial charge in [0.05, 0.1) is 22.9 Å². The van der Waals surface area contributed by atoms with Gasteiger partial charge in [-0.15, -0.1) is 0 Å². The Bertz CT molecular complexity index is 401. The average molecular weight is 328 g/mol. The number of para-hydroxylation sites is 1. The van der Waals surface area contributed by atoms with Crippen molar-refractivity contribution in [2.24, 2.45) is 0 Å². The lowest BCUT2D eigenvalue weighted by Crippen LogP contribution is -2.13. The van der Waals surface area contributed by atoms with Crippen LogP contribution in [0.3, 0.4) is 0 Å². The van der Waals surface area contributed by atoms with Gasteiger partial charge in [-0.3, -0.25) is 4.68 Å². The summed E-state index contributed by atoms with van der Waals surface area (Å²) in [5.74, 6) is 0. The lowest BCUT2D eigenvalue weighted by Gasteiger charge is -2.16. The van der Waals surface area contributed by atoms with Gasteiger partial charge >= 0.3 is 0 Å². The Labute approximate surface area is 109 Å². The third-order valence-corrected chi connectivity index (χ3v) is 3.28. The maximum atomic E-state index is 4.07. The molecular formula is C11H13IN4. The highest BCUT2D eigenvalue weighted by molar-refractivity contribution is 14.1. The maximum absolute atomic E-state index is 4.07. The Morgan fingerprint density at radius 3 is 2.75 bits per heavy atom. The summed E-state index contributed by atoms with van der Waals surface area (Å²) < 4.78 is 4.07. The quantitative estimate of drug-likeness (QED) is 0.625. The molecule has 2 rings (SSSR count). The zero-order valence-corrected chi connectivity index (χ0v) is 11.0. The van der Waals surface area contributed by atoms with Crippen LogP contribution in [-0.2, 0) is 6.54 Å². The SMILES string of the molecule is IN(CCCn1cncn1)c1ccccc1. The first-order valence-electron chi connectivity index (χ1n) is 5.17. The minimum absolute atomic E-state index is 0.909. The van der Waals surface area contributed by atoms with Gasteiger partial charge in [-0.1, -0.05) is 18.2 Å². The molecule has 84 valence electrons. The standard InChI is InChI=1S/C11H13IN4/c12-16(11-5-2-1-3-6-11)8-4-7-15-10-13-9-14-15/h1-3,5-6,9-10H,4,7-8H2. The van der Waals surface area contributed by atoms with Gasteiger partial charge in [0, 0.05) is 18.8 Å². The Balaban J connectivity index is 1.78. The molecule has 0 aliphatic carbocycles. The van der Waals surface area contributed by atoms with Crippen molar-refractivity contribution >= 4 is 28.6 Å². The predicted molar refractivity (Wildman–Crippen MR) is 72.4 cm³/mol. The van der Waals surface area contributed by atoms with Crippen molar-refractivity contribution in [1.29, 1.82) is 0 Å². The first kappa shape index (κ1) is 11.4. The third-order valence-electron chi connectivity index (χ3n) is 2.24. The summed E-state index contributed by atoms with van der Waals surface area (Å²) in [6.45, 7) is 1.91. The van der Waals surface area contributed by atoms with E-state index in [9.17, 15) is 0 Å². The summed E-state index contributed by atoms with van der Waals surface area (Å²) in [6, 6.07) is 10.4. The summed E-state index contributed by atoms with van der Waals surface area (Å²) in [5, 5.41) is 4.07. The van der Waals surface area contributed by atoms with Gasteiger partial charge in [0.25, 0.3) is 0 Å². The molecule has 0 bridgehead atoms. The number of aryl methyl sites for hydroxylation is 1. The molecule has 2 aromatic rings. The molecule has 1 heterocycles. The largest absolute Gasteiger partial charge is 0.315 e. The molecule has 0 radical (unpaired) electrons. The minimum Gasteiger partial charge on any atom is -0.315 e. The highest BCUT2D eigenvalue weighted by Crippen LogP contribution is 2.17. The molecule has 0 N–H and O–H groups in total. The van der Waals surface area contributed by atoms with Crippen LogP contribution in [0.25, 0.3) is 0 Å². The topological polar surface area (TPSA) is 34.0 Å². The minimum atomic E-state index is 0.909. The highest BCUT2D eigenvalue weighted by atomic mass is 127. The Kier molecular flexibility index (Phi) is 4.15. The van der Waals surface area contributed by atoms with Gasteiger partial charge in [-0.2, -0.15) is 5.10 Å². The van der Waals surface area contributed by atoms with E-state index in [1.54, 1.807) is 12.7 Å². The van der Waals surface area contributed by atoms with Crippen LogP contribution in [0.2, 0.25) is 0 Å². The average Bonchev–Trinajstić information content (AvgIpc) is 2.83. The predicted octanol–water partition coefficient (Wildman–Crippen LogP) is 2.52. The van der Waals surface area contributed by atoms with Crippen LogP contribution in [-0.4, -0.2) is 21.3 Å². The zero-order chi connectivity index (χ0) is 11.2. The molecule has 5 heteroatoms. The van der Waals surface area contributed by atoms with Crippen molar-refractivity contribution in [3.8, 4) is 0 Å². The van der Waals surface area contributed by atoms with Gasteiger partial charge in [-0.05, 0) is 18.6 Å². The molecule has 0 unspecified atom stereocenters. The number of anilines is 1. The normalized spacial score (nSPS) is 10.3. The van der Waals surface area contributed by atoms with Crippen LogP contribution in [0.5, 0.6) is 0 Å². The number of benzene rings is 1. The van der Waals surface area contributed by atoms with E-state index in [0.29, 0.717) is 0 Å². The number of hydrogen-bond donors (Lipinski definition) is 0. The zero-order valence-electron chi connectivity index (χ0n) is 8.83. The summed E-state index contributed by atoms with van der Waals surface area (Å²) in [5.41, 5.74) is 1.24. The molecule has 0 saturated heterocycles. The monoisotopic (exact) mass is 328 g/mol. The van der Waals surface area contributed by atoms with Gasteiger partial charge in [0.15, 0.2) is 0 Å². The molecule has 1 aromatic carbocycles. The number of halogens is 1. The molecule has 0 aliphatic rings. The van der Waals surface area contributed by atoms with Crippen molar-refractivity contribution < 1.29 is 0 Å². The van der Waals surface area contributed by atoms with Crippen LogP contribution in [0.15, 0.2) is 43.0 Å². The molecule has 16 heavy (non-hydrogen) atoms. The van der Waals surface area contributed by atoms with Gasteiger partial charge in [0.2, 0.25) is 0 Å². The van der Waals surface area contributed by atoms with Crippen molar-refractivity contribution in [3.05, 3.63) is 43.0 Å². The van der Waals surface area contributed by atoms with Crippen molar-refractivity contribution in [2.45, 2.75) is 13.0 Å². The van der Waals surface area contributed by atoms with E-state index in [-0.39, 0.29) is 0 Å². The number of nitrogens with zero attached hydrogens (tertiary/aromatic N) is 4. The number of hydrogen-bond acceptors (Lipinski definition) is 3. The second kappa shape index (κ2) is 5.83. The molecular weight excluding hydrogens is 315 g/mol. The fourth-order valence-corrected chi connectivity index (χ4v) is 2.10. The van der Waals surface area contributed by atoms with E-state index in [1.807, 2.05) is 10.7 Å². The number of rotatable bonds is 5. The Hall–Kier alpha value is -1.11. The molecule has 0 fully saturated rings. The van der Waals surface area contributed by atoms with Crippen LogP contribution >= 0.6 is 22.9 Å². The Morgan fingerprint density at radius 1 is 1.25 bits per heavy atom. The smallest absolute Gasteiger partial charge is 0.137 e. The fourth-order valence-electron chi connectivity index (χ4n) is 1.44. The lowest BCUT2D eigenvalue weighted by atomic mass is 10.3. The summed E-state index contributed by atoms with van der Waals surface area (Å²) in [6.07, 6.45) is 4.38. The molecule has 0 amide bonds. The number of aromatic nitrogens is 3. The van der Waals surface area contributed by atoms with Crippen molar-refractivity contribution in [2.75, 3.05) is 9.66 Å². The maximum Gasteiger partial charge on any atom is 0.137 e. The molecule has 0 atom stereocenters. The third kappa shape index (κ3) is 3.19. The van der Waals surface area contributed by atoms with E-state index in [1.165, 1.54) is 5.69 Å². The molecule has 4 nitrogen and oxygen atoms in total. The molecule has 0 spiro atoms. The second-order valence-electron chi connectivity index (χ2n) is 3.43. The Morgan fingerprint density at radius 2 is 2.06 bits per heavy atom. The van der Waals surface area contributed by atoms with Crippen LogP contribution < -0.4 is 3.11 Å². The fraction of sp³-hybridized carbons (Fsp3) is 0.273. The van der Waals surface area contributed by atoms with Crippen molar-refractivity contribution in [1.82, 2.24) is 14.8 Å². The van der Waals surface area contributed by atoms with Gasteiger partial charge < -0.3 is 3.11 Å². The van der Waals surface area contributed by atoms with E-state index in [2.05, 4.69) is 60.3 Å². The first-order chi connectivity index (χ1) is 7.86. The van der Waals surface area contributed by atoms with Crippen LogP contribution in [0.4, 0.5) is 5.69 Å². The summed E-state index contributed by atoms with van der Waals surface area (Å²) in [7, 11) is 0. The van der Waals surface area contributed by atoms with Crippen molar-refractivity contribution in [3.63, 3.8) is 0 Å². The second-order valence-corrected chi connectivity index (χ2v) is 4.60. The lowest BCUT2D eigenvalue weighted by molar-refractivity contribution is 0.586. The molecule has 0 saturated carbocycles. The molecule has 1 aromatic heterocycles. The van der Waals surface area contributed by atoms with Crippen LogP contribution in [0, 0.1) is 0 Å². The summed E-state index contributed by atoms with van der Waals surface area (Å²) in [4.78, 5) is 3.91. The first-order valence-corrected chi connectivity index (χ1v) is 6.13. The van der Waals surface area contributed by atoms with E-state index in [0.717, 1.165) is 19.5 Å². The van der Waals surface area contributed by atoms with E-state index in [4.69, 9.17) is 0 Å². The van der Waals surface area contributed by atoms with E-state index < -0.39 is 0 Å². The van der Waals surface area contributed by atoms with E-state index >= 15 is 0 Å². The van der Waals surface area contributed by atoms with Gasteiger partial charge in [0.1, 0.15) is 12.7 Å². The highest BCUT2D eigenvalue weighted by Gasteiger charge is 2.01. The summed E-state index contributed by atoms with van der Waals surface area (Å²) >= 11 is 2.34. The van der Waals surface area contributed by atoms with Gasteiger partial charge in [-0.25, -0.2) is 4.98 Å². The van der Waals surface area contributed by atoms with Crippen LogP contribution in [0.1, 0.15) is 6.42 Å². The molecule has 0 aliphatic heterocycles.